The summed E-state index contributed by atoms with van der Waals surface area (Å²) in [5.74, 6) is 1.61. The van der Waals surface area contributed by atoms with Crippen molar-refractivity contribution in [3.63, 3.8) is 0 Å². The first-order valence-electron chi connectivity index (χ1n) is 11.4. The number of carbonyl (C=O) groups is 1. The van der Waals surface area contributed by atoms with Crippen molar-refractivity contribution in [1.82, 2.24) is 19.7 Å². The molecular weight excluding hydrogens is 388 g/mol. The number of aromatic carboxylic acids is 1. The molecule has 0 atom stereocenters. The normalized spacial score (nSPS) is 14.6. The zero-order valence-electron chi connectivity index (χ0n) is 18.1. The first kappa shape index (κ1) is 21.2. The fourth-order valence-corrected chi connectivity index (χ4v) is 4.32. The van der Waals surface area contributed by atoms with Gasteiger partial charge in [-0.2, -0.15) is 5.10 Å². The lowest BCUT2D eigenvalue weighted by Gasteiger charge is -2.18. The van der Waals surface area contributed by atoms with Gasteiger partial charge in [0.05, 0.1) is 17.8 Å². The minimum absolute atomic E-state index is 0.262. The van der Waals surface area contributed by atoms with Crippen LogP contribution in [0.4, 0.5) is 0 Å². The molecule has 2 heterocycles. The number of pyridine rings is 1. The van der Waals surface area contributed by atoms with Gasteiger partial charge >= 0.3 is 5.97 Å². The standard InChI is InChI=1S/C25H30N4O2/c1-2-3-13-23-27-24(19-9-5-4-6-10-19)28-29(23)17-18-14-15-22(26-16-18)20-11-7-8-12-21(20)25(30)31/h7-8,11-12,14-16,19H,2-6,9-10,13,17H2,1H3,(H,30,31). The number of hydrogen-bond donors (Lipinski definition) is 1. The van der Waals surface area contributed by atoms with Gasteiger partial charge in [-0.05, 0) is 37.0 Å². The summed E-state index contributed by atoms with van der Waals surface area (Å²) >= 11 is 0. The van der Waals surface area contributed by atoms with E-state index in [9.17, 15) is 9.90 Å². The maximum atomic E-state index is 11.5. The summed E-state index contributed by atoms with van der Waals surface area (Å²) in [6.45, 7) is 2.83. The molecule has 3 aromatic rings. The zero-order valence-corrected chi connectivity index (χ0v) is 18.1. The van der Waals surface area contributed by atoms with Crippen LogP contribution in [0.2, 0.25) is 0 Å². The van der Waals surface area contributed by atoms with Crippen LogP contribution in [-0.4, -0.2) is 30.8 Å². The van der Waals surface area contributed by atoms with E-state index in [-0.39, 0.29) is 5.56 Å². The van der Waals surface area contributed by atoms with Gasteiger partial charge in [0.25, 0.3) is 0 Å². The first-order chi connectivity index (χ1) is 15.2. The molecule has 0 radical (unpaired) electrons. The molecule has 6 heteroatoms. The molecule has 31 heavy (non-hydrogen) atoms. The van der Waals surface area contributed by atoms with E-state index in [1.54, 1.807) is 18.2 Å². The molecule has 1 saturated carbocycles. The van der Waals surface area contributed by atoms with Crippen molar-refractivity contribution in [1.29, 1.82) is 0 Å². The van der Waals surface area contributed by atoms with E-state index >= 15 is 0 Å². The maximum Gasteiger partial charge on any atom is 0.336 e. The summed E-state index contributed by atoms with van der Waals surface area (Å²) in [6.07, 6.45) is 11.2. The molecule has 1 aliphatic carbocycles. The molecule has 4 rings (SSSR count). The monoisotopic (exact) mass is 418 g/mol. The van der Waals surface area contributed by atoms with Gasteiger partial charge in [-0.25, -0.2) is 14.5 Å². The average molecular weight is 419 g/mol. The predicted octanol–water partition coefficient (Wildman–Crippen LogP) is 5.48. The molecule has 2 aromatic heterocycles. The second-order valence-electron chi connectivity index (χ2n) is 8.38. The Morgan fingerprint density at radius 3 is 2.65 bits per heavy atom. The average Bonchev–Trinajstić information content (AvgIpc) is 3.21. The van der Waals surface area contributed by atoms with E-state index in [1.807, 2.05) is 29.1 Å². The second kappa shape index (κ2) is 9.86. The highest BCUT2D eigenvalue weighted by Gasteiger charge is 2.21. The van der Waals surface area contributed by atoms with Crippen LogP contribution in [0.5, 0.6) is 0 Å². The molecule has 6 nitrogen and oxygen atoms in total. The molecule has 0 unspecified atom stereocenters. The second-order valence-corrected chi connectivity index (χ2v) is 8.38. The van der Waals surface area contributed by atoms with Crippen LogP contribution in [0.15, 0.2) is 42.6 Å². The summed E-state index contributed by atoms with van der Waals surface area (Å²) in [4.78, 5) is 21.0. The fourth-order valence-electron chi connectivity index (χ4n) is 4.32. The summed E-state index contributed by atoms with van der Waals surface area (Å²) in [6, 6.07) is 10.9. The Balaban J connectivity index is 1.56. The highest BCUT2D eigenvalue weighted by molar-refractivity contribution is 5.95. The lowest BCUT2D eigenvalue weighted by atomic mass is 9.89. The Morgan fingerprint density at radius 1 is 1.13 bits per heavy atom. The molecule has 0 spiro atoms. The van der Waals surface area contributed by atoms with Crippen LogP contribution in [0.25, 0.3) is 11.3 Å². The minimum atomic E-state index is -0.945. The number of carboxylic acid groups (broad SMARTS) is 1. The van der Waals surface area contributed by atoms with Gasteiger partial charge in [-0.15, -0.1) is 0 Å². The number of benzene rings is 1. The lowest BCUT2D eigenvalue weighted by Crippen LogP contribution is -2.09. The highest BCUT2D eigenvalue weighted by atomic mass is 16.4. The number of rotatable bonds is 8. The smallest absolute Gasteiger partial charge is 0.336 e. The Kier molecular flexibility index (Phi) is 6.75. The van der Waals surface area contributed by atoms with Crippen molar-refractivity contribution >= 4 is 5.97 Å². The van der Waals surface area contributed by atoms with Crippen molar-refractivity contribution in [3.8, 4) is 11.3 Å². The largest absolute Gasteiger partial charge is 0.478 e. The molecule has 1 N–H and O–H groups in total. The van der Waals surface area contributed by atoms with Crippen molar-refractivity contribution < 1.29 is 9.90 Å². The van der Waals surface area contributed by atoms with E-state index < -0.39 is 5.97 Å². The zero-order chi connectivity index (χ0) is 21.6. The number of aromatic nitrogens is 4. The van der Waals surface area contributed by atoms with Crippen LogP contribution < -0.4 is 0 Å². The van der Waals surface area contributed by atoms with E-state index in [1.165, 1.54) is 32.1 Å². The Hall–Kier alpha value is -3.02. The molecular formula is C25H30N4O2. The Bertz CT molecular complexity index is 1020. The third kappa shape index (κ3) is 5.01. The van der Waals surface area contributed by atoms with E-state index in [0.29, 0.717) is 23.7 Å². The summed E-state index contributed by atoms with van der Waals surface area (Å²) in [5, 5.41) is 14.3. The predicted molar refractivity (Wildman–Crippen MR) is 120 cm³/mol. The van der Waals surface area contributed by atoms with Crippen molar-refractivity contribution in [2.75, 3.05) is 0 Å². The molecule has 0 amide bonds. The van der Waals surface area contributed by atoms with Crippen LogP contribution >= 0.6 is 0 Å². The van der Waals surface area contributed by atoms with Crippen LogP contribution in [0.3, 0.4) is 0 Å². The SMILES string of the molecule is CCCCc1nc(C2CCCCC2)nn1Cc1ccc(-c2ccccc2C(=O)O)nc1. The number of carboxylic acids is 1. The van der Waals surface area contributed by atoms with Gasteiger partial charge in [-0.1, -0.05) is 56.9 Å². The number of aryl methyl sites for hydroxylation is 1. The van der Waals surface area contributed by atoms with E-state index in [4.69, 9.17) is 10.1 Å². The summed E-state index contributed by atoms with van der Waals surface area (Å²) in [5.41, 5.74) is 2.59. The van der Waals surface area contributed by atoms with Gasteiger partial charge in [0, 0.05) is 24.1 Å². The minimum Gasteiger partial charge on any atom is -0.478 e. The van der Waals surface area contributed by atoms with Crippen LogP contribution in [0, 0.1) is 0 Å². The molecule has 162 valence electrons. The third-order valence-corrected chi connectivity index (χ3v) is 6.08. The van der Waals surface area contributed by atoms with Crippen molar-refractivity contribution in [2.24, 2.45) is 0 Å². The summed E-state index contributed by atoms with van der Waals surface area (Å²) in [7, 11) is 0. The molecule has 1 aromatic carbocycles. The highest BCUT2D eigenvalue weighted by Crippen LogP contribution is 2.31. The van der Waals surface area contributed by atoms with Crippen molar-refractivity contribution in [2.45, 2.75) is 70.8 Å². The van der Waals surface area contributed by atoms with E-state index in [2.05, 4.69) is 11.9 Å². The quantitative estimate of drug-likeness (QED) is 0.524. The number of hydrogen-bond acceptors (Lipinski definition) is 4. The lowest BCUT2D eigenvalue weighted by molar-refractivity contribution is 0.0697. The first-order valence-corrected chi connectivity index (χ1v) is 11.4. The van der Waals surface area contributed by atoms with Gasteiger partial charge in [-0.3, -0.25) is 4.98 Å². The molecule has 0 bridgehead atoms. The van der Waals surface area contributed by atoms with Crippen LogP contribution in [-0.2, 0) is 13.0 Å². The van der Waals surface area contributed by atoms with Gasteiger partial charge in [0.15, 0.2) is 5.82 Å². The van der Waals surface area contributed by atoms with Gasteiger partial charge in [0.1, 0.15) is 5.82 Å². The summed E-state index contributed by atoms with van der Waals surface area (Å²) < 4.78 is 2.04. The Morgan fingerprint density at radius 2 is 1.94 bits per heavy atom. The molecule has 0 saturated heterocycles. The van der Waals surface area contributed by atoms with Gasteiger partial charge in [0.2, 0.25) is 0 Å². The molecule has 1 fully saturated rings. The molecule has 0 aliphatic heterocycles. The van der Waals surface area contributed by atoms with Crippen LogP contribution in [0.1, 0.15) is 85.4 Å². The molecule has 1 aliphatic rings. The third-order valence-electron chi connectivity index (χ3n) is 6.08. The number of unbranched alkanes of at least 4 members (excludes halogenated alkanes) is 1. The fraction of sp³-hybridized carbons (Fsp3) is 0.440. The van der Waals surface area contributed by atoms with E-state index in [0.717, 1.165) is 36.5 Å². The topological polar surface area (TPSA) is 80.9 Å². The maximum absolute atomic E-state index is 11.5. The van der Waals surface area contributed by atoms with Crippen molar-refractivity contribution in [3.05, 3.63) is 65.4 Å². The number of nitrogens with zero attached hydrogens (tertiary/aromatic N) is 4. The van der Waals surface area contributed by atoms with Gasteiger partial charge < -0.3 is 5.11 Å². The Labute approximate surface area is 183 Å².